The number of aromatic nitrogens is 2. The fourth-order valence-electron chi connectivity index (χ4n) is 2.79. The molecule has 0 fully saturated rings. The van der Waals surface area contributed by atoms with E-state index in [1.165, 1.54) is 12.5 Å². The number of furan rings is 1. The third kappa shape index (κ3) is 3.95. The van der Waals surface area contributed by atoms with Gasteiger partial charge in [0.1, 0.15) is 22.9 Å². The molecule has 1 unspecified atom stereocenters. The second kappa shape index (κ2) is 8.36. The molecule has 8 nitrogen and oxygen atoms in total. The van der Waals surface area contributed by atoms with Crippen molar-refractivity contribution in [3.05, 3.63) is 64.5 Å². The highest BCUT2D eigenvalue weighted by Gasteiger charge is 2.20. The van der Waals surface area contributed by atoms with Gasteiger partial charge in [0.2, 0.25) is 5.82 Å². The zero-order valence-corrected chi connectivity index (χ0v) is 16.3. The average molecular weight is 411 g/mol. The largest absolute Gasteiger partial charge is 0.506 e. The first-order valence-electron chi connectivity index (χ1n) is 8.81. The molecule has 0 aliphatic heterocycles. The van der Waals surface area contributed by atoms with E-state index in [9.17, 15) is 9.90 Å². The van der Waals surface area contributed by atoms with E-state index in [2.05, 4.69) is 15.1 Å². The molecule has 4 aromatic rings. The Morgan fingerprint density at radius 3 is 2.93 bits per heavy atom. The molecule has 0 saturated carbocycles. The molecule has 29 heavy (non-hydrogen) atoms. The zero-order valence-electron chi connectivity index (χ0n) is 15.4. The standard InChI is InChI=1S/C20H17N3O5S/c1-29-10-8-14(19-22-18(23-28-19)16-7-4-9-26-16)21-11-13-17(24)12-5-2-3-6-15(12)27-20(13)25/h2-7,9,11,14,24H,8,10H2,1H3. The van der Waals surface area contributed by atoms with Crippen LogP contribution in [0.5, 0.6) is 5.75 Å². The van der Waals surface area contributed by atoms with Crippen LogP contribution in [-0.4, -0.2) is 33.5 Å². The lowest BCUT2D eigenvalue weighted by Crippen LogP contribution is -2.08. The molecule has 0 aliphatic carbocycles. The number of aromatic hydroxyl groups is 1. The molecule has 1 aromatic carbocycles. The van der Waals surface area contributed by atoms with Crippen LogP contribution in [0.2, 0.25) is 0 Å². The number of nitrogens with zero attached hydrogens (tertiary/aromatic N) is 3. The van der Waals surface area contributed by atoms with Crippen molar-refractivity contribution in [1.82, 2.24) is 10.1 Å². The molecule has 3 aromatic heterocycles. The molecule has 9 heteroatoms. The van der Waals surface area contributed by atoms with Crippen LogP contribution in [0.3, 0.4) is 0 Å². The number of aliphatic imine (C=N–C) groups is 1. The van der Waals surface area contributed by atoms with Crippen LogP contribution in [-0.2, 0) is 0 Å². The molecule has 1 N–H and O–H groups in total. The molecule has 0 amide bonds. The SMILES string of the molecule is CSCCC(N=Cc1c(O)c2ccccc2oc1=O)c1nc(-c2ccco2)no1. The molecule has 0 aliphatic rings. The molecule has 148 valence electrons. The number of hydrogen-bond acceptors (Lipinski definition) is 9. The summed E-state index contributed by atoms with van der Waals surface area (Å²) >= 11 is 1.65. The van der Waals surface area contributed by atoms with Crippen LogP contribution in [0, 0.1) is 0 Å². The van der Waals surface area contributed by atoms with E-state index in [1.807, 2.05) is 6.26 Å². The normalized spacial score (nSPS) is 12.7. The minimum absolute atomic E-state index is 0.0244. The Morgan fingerprint density at radius 2 is 2.14 bits per heavy atom. The molecular formula is C20H17N3O5S. The summed E-state index contributed by atoms with van der Waals surface area (Å²) in [4.78, 5) is 21.1. The highest BCUT2D eigenvalue weighted by molar-refractivity contribution is 7.98. The summed E-state index contributed by atoms with van der Waals surface area (Å²) < 4.78 is 15.9. The smallest absolute Gasteiger partial charge is 0.348 e. The predicted octanol–water partition coefficient (Wildman–Crippen LogP) is 4.05. The maximum Gasteiger partial charge on any atom is 0.348 e. The van der Waals surface area contributed by atoms with E-state index in [1.54, 1.807) is 48.2 Å². The lowest BCUT2D eigenvalue weighted by molar-refractivity contribution is 0.353. The zero-order chi connectivity index (χ0) is 20.2. The van der Waals surface area contributed by atoms with Crippen LogP contribution in [0.1, 0.15) is 23.9 Å². The second-order valence-electron chi connectivity index (χ2n) is 6.16. The summed E-state index contributed by atoms with van der Waals surface area (Å²) in [6, 6.07) is 9.74. The lowest BCUT2D eigenvalue weighted by Gasteiger charge is -2.07. The maximum atomic E-state index is 12.3. The number of fused-ring (bicyclic) bond motifs is 1. The molecular weight excluding hydrogens is 394 g/mol. The Labute approximate surface area is 169 Å². The minimum Gasteiger partial charge on any atom is -0.506 e. The summed E-state index contributed by atoms with van der Waals surface area (Å²) in [5.74, 6) is 1.72. The third-order valence-corrected chi connectivity index (χ3v) is 4.91. The topological polar surface area (TPSA) is 115 Å². The van der Waals surface area contributed by atoms with E-state index in [-0.39, 0.29) is 11.3 Å². The van der Waals surface area contributed by atoms with E-state index >= 15 is 0 Å². The quantitative estimate of drug-likeness (QED) is 0.358. The van der Waals surface area contributed by atoms with Crippen molar-refractivity contribution in [3.8, 4) is 17.3 Å². The van der Waals surface area contributed by atoms with Gasteiger partial charge in [0.05, 0.1) is 11.6 Å². The molecule has 0 radical (unpaired) electrons. The number of benzene rings is 1. The van der Waals surface area contributed by atoms with Crippen LogP contribution in [0.4, 0.5) is 0 Å². The number of para-hydroxylation sites is 1. The number of thioether (sulfide) groups is 1. The first-order chi connectivity index (χ1) is 14.2. The Hall–Kier alpha value is -3.33. The summed E-state index contributed by atoms with van der Waals surface area (Å²) in [5, 5.41) is 14.9. The van der Waals surface area contributed by atoms with Crippen LogP contribution in [0.25, 0.3) is 22.6 Å². The second-order valence-corrected chi connectivity index (χ2v) is 7.14. The van der Waals surface area contributed by atoms with Crippen molar-refractivity contribution >= 4 is 28.9 Å². The predicted molar refractivity (Wildman–Crippen MR) is 109 cm³/mol. The molecule has 0 saturated heterocycles. The molecule has 0 bridgehead atoms. The Kier molecular flexibility index (Phi) is 5.48. The third-order valence-electron chi connectivity index (χ3n) is 4.27. The minimum atomic E-state index is -0.671. The number of rotatable bonds is 7. The van der Waals surface area contributed by atoms with Gasteiger partial charge in [-0.3, -0.25) is 4.99 Å². The van der Waals surface area contributed by atoms with Gasteiger partial charge < -0.3 is 18.5 Å². The van der Waals surface area contributed by atoms with Gasteiger partial charge in [-0.05, 0) is 42.7 Å². The van der Waals surface area contributed by atoms with Gasteiger partial charge in [0, 0.05) is 6.21 Å². The van der Waals surface area contributed by atoms with Gasteiger partial charge >= 0.3 is 5.63 Å². The van der Waals surface area contributed by atoms with Gasteiger partial charge in [-0.15, -0.1) is 0 Å². The summed E-state index contributed by atoms with van der Waals surface area (Å²) in [7, 11) is 0. The van der Waals surface area contributed by atoms with E-state index in [0.717, 1.165) is 5.75 Å². The van der Waals surface area contributed by atoms with Crippen LogP contribution < -0.4 is 5.63 Å². The fraction of sp³-hybridized carbons (Fsp3) is 0.200. The maximum absolute atomic E-state index is 12.3. The molecule has 4 rings (SSSR count). The first-order valence-corrected chi connectivity index (χ1v) is 10.2. The van der Waals surface area contributed by atoms with Gasteiger partial charge in [-0.1, -0.05) is 17.3 Å². The van der Waals surface area contributed by atoms with Crippen molar-refractivity contribution in [1.29, 1.82) is 0 Å². The van der Waals surface area contributed by atoms with Crippen molar-refractivity contribution < 1.29 is 18.5 Å². The van der Waals surface area contributed by atoms with Gasteiger partial charge in [-0.25, -0.2) is 4.79 Å². The first kappa shape index (κ1) is 19.0. The van der Waals surface area contributed by atoms with E-state index in [0.29, 0.717) is 34.9 Å². The molecule has 1 atom stereocenters. The number of hydrogen-bond donors (Lipinski definition) is 1. The van der Waals surface area contributed by atoms with Crippen molar-refractivity contribution in [2.75, 3.05) is 12.0 Å². The van der Waals surface area contributed by atoms with Crippen LogP contribution >= 0.6 is 11.8 Å². The summed E-state index contributed by atoms with van der Waals surface area (Å²) in [6.07, 6.45) is 5.41. The highest BCUT2D eigenvalue weighted by Crippen LogP contribution is 2.27. The Bertz CT molecular complexity index is 1200. The van der Waals surface area contributed by atoms with Gasteiger partial charge in [0.15, 0.2) is 5.76 Å². The highest BCUT2D eigenvalue weighted by atomic mass is 32.2. The van der Waals surface area contributed by atoms with Gasteiger partial charge in [-0.2, -0.15) is 16.7 Å². The van der Waals surface area contributed by atoms with Crippen LogP contribution in [0.15, 0.2) is 65.8 Å². The molecule has 0 spiro atoms. The van der Waals surface area contributed by atoms with Crippen molar-refractivity contribution in [2.45, 2.75) is 12.5 Å². The van der Waals surface area contributed by atoms with Crippen molar-refractivity contribution in [2.24, 2.45) is 4.99 Å². The van der Waals surface area contributed by atoms with E-state index < -0.39 is 11.7 Å². The average Bonchev–Trinajstić information content (AvgIpc) is 3.42. The lowest BCUT2D eigenvalue weighted by atomic mass is 10.1. The van der Waals surface area contributed by atoms with E-state index in [4.69, 9.17) is 13.4 Å². The summed E-state index contributed by atoms with van der Waals surface area (Å²) in [6.45, 7) is 0. The summed E-state index contributed by atoms with van der Waals surface area (Å²) in [5.41, 5.74) is -0.384. The fourth-order valence-corrected chi connectivity index (χ4v) is 3.25. The monoisotopic (exact) mass is 411 g/mol. The Balaban J connectivity index is 1.68. The Morgan fingerprint density at radius 1 is 1.28 bits per heavy atom. The van der Waals surface area contributed by atoms with Gasteiger partial charge in [0.25, 0.3) is 5.89 Å². The molecule has 3 heterocycles. The van der Waals surface area contributed by atoms with Crippen molar-refractivity contribution in [3.63, 3.8) is 0 Å².